The van der Waals surface area contributed by atoms with E-state index in [4.69, 9.17) is 17.3 Å². The molecule has 0 bridgehead atoms. The molecule has 0 radical (unpaired) electrons. The number of halogens is 10. The molecule has 0 unspecified atom stereocenters. The van der Waals surface area contributed by atoms with E-state index in [1.807, 2.05) is 37.7 Å². The molecule has 2 N–H and O–H groups in total. The molecule has 0 fully saturated rings. The summed E-state index contributed by atoms with van der Waals surface area (Å²) in [7, 11) is 0. The molecule has 8 rings (SSSR count). The summed E-state index contributed by atoms with van der Waals surface area (Å²) in [5.74, 6) is 1.36. The van der Waals surface area contributed by atoms with Crippen LogP contribution in [0.25, 0.3) is 39.0 Å². The molecule has 8 aromatic heterocycles. The third kappa shape index (κ3) is 12.1. The number of allylic oxidation sites excluding steroid dienone is 1. The standard InChI is InChI=1S/C11H7F3N4S2.C10H4ClF3N4S.C8H10N2S.C4H3F3N2S/c1-19-8-2-3-15-9(17-8)6-4-16-10-18(6)5-7(20-10)11(12,13)14;11-7-1-2-15-8(17-7)5-3-16-9-18(5)4-6(19-9)10(12,13)14;1-3-4-7-9-6-5-8(10-7)11-2;5-4(6,7)2-1-9-3(8)10-2/h2-5H,1H3;1-4H;3-6H,1-2H3;1H,(H2,8,9)/b;;4-3+;. The van der Waals surface area contributed by atoms with Gasteiger partial charge in [-0.2, -0.15) is 39.5 Å². The van der Waals surface area contributed by atoms with E-state index in [2.05, 4.69) is 44.9 Å². The van der Waals surface area contributed by atoms with Crippen LogP contribution in [0.3, 0.4) is 0 Å². The van der Waals surface area contributed by atoms with Gasteiger partial charge in [-0.1, -0.05) is 51.7 Å². The largest absolute Gasteiger partial charge is 0.427 e. The summed E-state index contributed by atoms with van der Waals surface area (Å²) < 4.78 is 114. The lowest BCUT2D eigenvalue weighted by atomic mass is 10.4. The minimum atomic E-state index is -4.39. The SMILES string of the molecule is C/C=C/c1nccc(SC)n1.CSc1ccnc(-c2cnc3sc(C(F)(F)F)cn23)n1.FC(F)(F)c1cn2c(-c3nccc(Cl)n3)cnc2s1.Nc1ncc(C(F)(F)F)s1. The second-order valence-corrected chi connectivity index (χ2v) is 16.0. The quantitative estimate of drug-likeness (QED) is 0.0993. The molecule has 12 nitrogen and oxygen atoms in total. The van der Waals surface area contributed by atoms with E-state index >= 15 is 0 Å². The third-order valence-electron chi connectivity index (χ3n) is 6.88. The second kappa shape index (κ2) is 19.7. The van der Waals surface area contributed by atoms with Gasteiger partial charge in [0.2, 0.25) is 0 Å². The maximum absolute atomic E-state index is 12.7. The Bertz CT molecular complexity index is 2680. The van der Waals surface area contributed by atoms with Crippen molar-refractivity contribution in [3.05, 3.63) is 99.5 Å². The molecule has 0 aliphatic rings. The molecule has 8 heterocycles. The van der Waals surface area contributed by atoms with Gasteiger partial charge in [-0.15, -0.1) is 23.5 Å². The van der Waals surface area contributed by atoms with Crippen LogP contribution in [-0.2, 0) is 18.5 Å². The lowest BCUT2D eigenvalue weighted by Crippen LogP contribution is -2.01. The van der Waals surface area contributed by atoms with Gasteiger partial charge < -0.3 is 5.73 Å². The van der Waals surface area contributed by atoms with Gasteiger partial charge in [0, 0.05) is 31.0 Å². The number of hydrogen-bond donors (Lipinski definition) is 1. The Morgan fingerprint density at radius 1 is 0.617 bits per heavy atom. The lowest BCUT2D eigenvalue weighted by Gasteiger charge is -2.01. The van der Waals surface area contributed by atoms with Gasteiger partial charge in [-0.25, -0.2) is 44.9 Å². The number of thioether (sulfide) groups is 2. The predicted octanol–water partition coefficient (Wildman–Crippen LogP) is 11.1. The highest BCUT2D eigenvalue weighted by Gasteiger charge is 2.35. The lowest BCUT2D eigenvalue weighted by molar-refractivity contribution is -0.135. The van der Waals surface area contributed by atoms with Gasteiger partial charge in [0.25, 0.3) is 0 Å². The fourth-order valence-corrected chi connectivity index (χ4v) is 7.42. The van der Waals surface area contributed by atoms with E-state index < -0.39 is 33.2 Å². The van der Waals surface area contributed by atoms with E-state index in [1.165, 1.54) is 45.2 Å². The molecule has 0 amide bonds. The molecule has 27 heteroatoms. The molecule has 0 atom stereocenters. The number of nitrogen functional groups attached to an aromatic ring is 1. The molecule has 8 aromatic rings. The monoisotopic (exact) mass is 954 g/mol. The number of thiazole rings is 3. The van der Waals surface area contributed by atoms with Crippen molar-refractivity contribution in [2.24, 2.45) is 0 Å². The Morgan fingerprint density at radius 2 is 1.10 bits per heavy atom. The Hall–Kier alpha value is -4.89. The maximum atomic E-state index is 12.7. The van der Waals surface area contributed by atoms with Crippen LogP contribution < -0.4 is 5.73 Å². The van der Waals surface area contributed by atoms with Crippen molar-refractivity contribution in [1.29, 1.82) is 0 Å². The number of nitrogens with zero attached hydrogens (tertiary/aromatic N) is 11. The van der Waals surface area contributed by atoms with E-state index in [9.17, 15) is 39.5 Å². The van der Waals surface area contributed by atoms with Gasteiger partial charge in [0.15, 0.2) is 32.5 Å². The van der Waals surface area contributed by atoms with Crippen LogP contribution in [-0.4, -0.2) is 66.2 Å². The topological polar surface area (TPSA) is 151 Å². The first-order valence-corrected chi connectivity index (χ1v) is 21.3. The van der Waals surface area contributed by atoms with Crippen molar-refractivity contribution >= 4 is 90.3 Å². The van der Waals surface area contributed by atoms with Crippen LogP contribution in [0.4, 0.5) is 44.6 Å². The van der Waals surface area contributed by atoms with Gasteiger partial charge in [0.1, 0.15) is 31.2 Å². The van der Waals surface area contributed by atoms with Crippen molar-refractivity contribution in [2.75, 3.05) is 18.2 Å². The molecule has 0 saturated heterocycles. The molecule has 60 heavy (non-hydrogen) atoms. The molecule has 0 aliphatic carbocycles. The molecule has 0 saturated carbocycles. The van der Waals surface area contributed by atoms with Crippen molar-refractivity contribution in [1.82, 2.24) is 53.7 Å². The van der Waals surface area contributed by atoms with Crippen LogP contribution in [0.15, 0.2) is 83.9 Å². The van der Waals surface area contributed by atoms with E-state index in [0.717, 1.165) is 34.5 Å². The summed E-state index contributed by atoms with van der Waals surface area (Å²) in [4.78, 5) is 34.1. The number of fused-ring (bicyclic) bond motifs is 2. The molecule has 0 aliphatic heterocycles. The van der Waals surface area contributed by atoms with Gasteiger partial charge in [0.05, 0.1) is 28.6 Å². The molecule has 316 valence electrons. The number of alkyl halides is 9. The average molecular weight is 955 g/mol. The first-order chi connectivity index (χ1) is 28.3. The van der Waals surface area contributed by atoms with E-state index in [0.29, 0.717) is 51.2 Å². The van der Waals surface area contributed by atoms with E-state index in [1.54, 1.807) is 30.2 Å². The fraction of sp³-hybridized carbons (Fsp3) is 0.182. The number of imidazole rings is 2. The highest BCUT2D eigenvalue weighted by molar-refractivity contribution is 7.98. The fourth-order valence-electron chi connectivity index (χ4n) is 4.32. The molecule has 0 aromatic carbocycles. The van der Waals surface area contributed by atoms with Crippen molar-refractivity contribution in [2.45, 2.75) is 35.5 Å². The summed E-state index contributed by atoms with van der Waals surface area (Å²) in [6.45, 7) is 1.95. The van der Waals surface area contributed by atoms with Crippen LogP contribution in [0.1, 0.15) is 27.4 Å². The molecular formula is C33H24ClF9N12S5. The molecular weight excluding hydrogens is 931 g/mol. The highest BCUT2D eigenvalue weighted by Crippen LogP contribution is 2.38. The third-order valence-corrected chi connectivity index (χ3v) is 11.3. The van der Waals surface area contributed by atoms with Gasteiger partial charge >= 0.3 is 18.5 Å². The second-order valence-electron chi connectivity index (χ2n) is 10.9. The number of hydrogen-bond acceptors (Lipinski definition) is 15. The van der Waals surface area contributed by atoms with Crippen LogP contribution >= 0.6 is 69.1 Å². The normalized spacial score (nSPS) is 11.9. The predicted molar refractivity (Wildman–Crippen MR) is 215 cm³/mol. The zero-order chi connectivity index (χ0) is 43.8. The van der Waals surface area contributed by atoms with Crippen molar-refractivity contribution in [3.63, 3.8) is 0 Å². The zero-order valence-electron chi connectivity index (χ0n) is 30.3. The van der Waals surface area contributed by atoms with Gasteiger partial charge in [-0.05, 0) is 43.7 Å². The van der Waals surface area contributed by atoms with E-state index in [-0.39, 0.29) is 26.0 Å². The molecule has 0 spiro atoms. The summed E-state index contributed by atoms with van der Waals surface area (Å²) >= 11 is 10.4. The Balaban J connectivity index is 0.000000159. The number of anilines is 1. The summed E-state index contributed by atoms with van der Waals surface area (Å²) in [5, 5.41) is 1.91. The summed E-state index contributed by atoms with van der Waals surface area (Å²) in [6.07, 6.45) is 5.01. The van der Waals surface area contributed by atoms with Crippen LogP contribution in [0.5, 0.6) is 0 Å². The Labute approximate surface area is 357 Å². The minimum Gasteiger partial charge on any atom is -0.375 e. The first kappa shape index (κ1) is 46.2. The van der Waals surface area contributed by atoms with Crippen LogP contribution in [0, 0.1) is 0 Å². The maximum Gasteiger partial charge on any atom is 0.427 e. The number of aromatic nitrogens is 11. The summed E-state index contributed by atoms with van der Waals surface area (Å²) in [5.41, 5.74) is 5.79. The van der Waals surface area contributed by atoms with Crippen LogP contribution in [0.2, 0.25) is 5.15 Å². The minimum absolute atomic E-state index is 0.0627. The average Bonchev–Trinajstić information content (AvgIpc) is 4.03. The number of nitrogens with two attached hydrogens (primary N) is 1. The van der Waals surface area contributed by atoms with Gasteiger partial charge in [-0.3, -0.25) is 8.80 Å². The van der Waals surface area contributed by atoms with Crippen molar-refractivity contribution in [3.8, 4) is 23.0 Å². The Morgan fingerprint density at radius 3 is 1.53 bits per heavy atom. The highest BCUT2D eigenvalue weighted by atomic mass is 35.5. The Kier molecular flexibility index (Phi) is 15.1. The first-order valence-electron chi connectivity index (χ1n) is 16.0. The zero-order valence-corrected chi connectivity index (χ0v) is 35.2. The van der Waals surface area contributed by atoms with Crippen molar-refractivity contribution < 1.29 is 39.5 Å². The number of rotatable bonds is 5. The summed E-state index contributed by atoms with van der Waals surface area (Å²) in [6, 6.07) is 5.12. The smallest absolute Gasteiger partial charge is 0.375 e.